The number of phosphoric ester groups is 1. The minimum Gasteiger partial charge on any atom is -0.410 e. The van der Waals surface area contributed by atoms with E-state index in [0.717, 1.165) is 6.26 Å². The molecule has 0 heterocycles. The fourth-order valence-corrected chi connectivity index (χ4v) is 2.56. The highest BCUT2D eigenvalue weighted by molar-refractivity contribution is 7.48. The maximum atomic E-state index is 11.6. The Morgan fingerprint density at radius 2 is 1.63 bits per heavy atom. The fourth-order valence-electron chi connectivity index (χ4n) is 1.04. The second-order valence-corrected chi connectivity index (χ2v) is 6.59. The number of hydrogen-bond acceptors (Lipinski definition) is 4. The third kappa shape index (κ3) is 4.54. The molecule has 4 nitrogen and oxygen atoms in total. The van der Waals surface area contributed by atoms with Crippen LogP contribution in [0.3, 0.4) is 0 Å². The van der Waals surface area contributed by atoms with E-state index in [-0.39, 0.29) is 15.1 Å². The zero-order valence-electron chi connectivity index (χ0n) is 9.82. The molecular weight excluding hydrogens is 357 g/mol. The van der Waals surface area contributed by atoms with Crippen LogP contribution in [0.15, 0.2) is 18.4 Å². The van der Waals surface area contributed by atoms with Crippen molar-refractivity contribution < 1.29 is 18.1 Å². The number of hydrogen-bond donors (Lipinski definition) is 0. The van der Waals surface area contributed by atoms with Crippen LogP contribution in [0.25, 0.3) is 5.03 Å². The maximum Gasteiger partial charge on any atom is 0.528 e. The Labute approximate surface area is 130 Å². The Morgan fingerprint density at radius 3 is 2.16 bits per heavy atom. The van der Waals surface area contributed by atoms with Crippen molar-refractivity contribution in [3.8, 4) is 0 Å². The summed E-state index contributed by atoms with van der Waals surface area (Å²) in [5.41, 5.74) is 0.372. The molecule has 0 saturated carbocycles. The molecule has 9 heteroatoms. The normalized spacial score (nSPS) is 12.6. The van der Waals surface area contributed by atoms with Crippen LogP contribution in [-0.4, -0.2) is 14.2 Å². The monoisotopic (exact) mass is 364 g/mol. The molecule has 106 valence electrons. The minimum absolute atomic E-state index is 0.0675. The van der Waals surface area contributed by atoms with Gasteiger partial charge in [0.1, 0.15) is 6.26 Å². The molecule has 0 spiro atoms. The average molecular weight is 366 g/mol. The lowest BCUT2D eigenvalue weighted by molar-refractivity contribution is 0.194. The van der Waals surface area contributed by atoms with Crippen LogP contribution < -0.4 is 0 Å². The van der Waals surface area contributed by atoms with E-state index in [2.05, 4.69) is 9.05 Å². The van der Waals surface area contributed by atoms with Crippen LogP contribution in [-0.2, 0) is 18.1 Å². The van der Waals surface area contributed by atoms with E-state index in [1.807, 2.05) is 0 Å². The predicted octanol–water partition coefficient (Wildman–Crippen LogP) is 5.60. The van der Waals surface area contributed by atoms with Crippen LogP contribution in [0.4, 0.5) is 0 Å². The van der Waals surface area contributed by atoms with E-state index < -0.39 is 7.82 Å². The lowest BCUT2D eigenvalue weighted by Gasteiger charge is -2.12. The minimum atomic E-state index is -3.65. The topological polar surface area (TPSA) is 44.8 Å². The van der Waals surface area contributed by atoms with Gasteiger partial charge in [0, 0.05) is 19.8 Å². The van der Waals surface area contributed by atoms with Crippen molar-refractivity contribution in [2.24, 2.45) is 0 Å². The van der Waals surface area contributed by atoms with Crippen LogP contribution in [0.1, 0.15) is 5.56 Å². The highest BCUT2D eigenvalue weighted by atomic mass is 35.5. The lowest BCUT2D eigenvalue weighted by Crippen LogP contribution is -1.90. The van der Waals surface area contributed by atoms with Crippen molar-refractivity contribution in [2.75, 3.05) is 14.2 Å². The Kier molecular flexibility index (Phi) is 6.48. The molecule has 0 amide bonds. The Balaban J connectivity index is 3.04. The Bertz CT molecular complexity index is 539. The van der Waals surface area contributed by atoms with Crippen LogP contribution in [0.5, 0.6) is 0 Å². The van der Waals surface area contributed by atoms with Crippen molar-refractivity contribution in [2.45, 2.75) is 0 Å². The molecule has 0 aliphatic rings. The first kappa shape index (κ1) is 17.1. The summed E-state index contributed by atoms with van der Waals surface area (Å²) in [6.07, 6.45) is 1.00. The smallest absolute Gasteiger partial charge is 0.410 e. The molecule has 0 aliphatic heterocycles. The summed E-state index contributed by atoms with van der Waals surface area (Å²) in [6, 6.07) is 2.89. The standard InChI is InChI=1S/C10H9Cl4O4P/c1-16-19(15,17-2)18-5-10(14)6-3-8(12)9(13)4-7(6)11/h3-5H,1-2H3. The summed E-state index contributed by atoms with van der Waals surface area (Å²) < 4.78 is 25.6. The maximum absolute atomic E-state index is 11.6. The van der Waals surface area contributed by atoms with E-state index in [1.54, 1.807) is 0 Å². The van der Waals surface area contributed by atoms with Gasteiger partial charge in [-0.2, -0.15) is 0 Å². The van der Waals surface area contributed by atoms with E-state index in [9.17, 15) is 4.57 Å². The van der Waals surface area contributed by atoms with Gasteiger partial charge in [-0.1, -0.05) is 46.4 Å². The van der Waals surface area contributed by atoms with Gasteiger partial charge in [-0.25, -0.2) is 4.57 Å². The summed E-state index contributed by atoms with van der Waals surface area (Å²) in [4.78, 5) is 0. The molecule has 0 saturated heterocycles. The first-order valence-electron chi connectivity index (χ1n) is 4.73. The molecule has 1 rings (SSSR count). The third-order valence-corrected chi connectivity index (χ3v) is 4.59. The van der Waals surface area contributed by atoms with Crippen LogP contribution in [0, 0.1) is 0 Å². The number of rotatable bonds is 5. The Hall–Kier alpha value is 0.0700. The average Bonchev–Trinajstić information content (AvgIpc) is 2.39. The fraction of sp³-hybridized carbons (Fsp3) is 0.200. The zero-order valence-corrected chi connectivity index (χ0v) is 13.7. The molecule has 0 radical (unpaired) electrons. The SMILES string of the molecule is COP(=O)(OC)OC=C(Cl)c1cc(Cl)c(Cl)cc1Cl. The van der Waals surface area contributed by atoms with E-state index in [1.165, 1.54) is 26.4 Å². The molecule has 1 aromatic carbocycles. The van der Waals surface area contributed by atoms with Gasteiger partial charge < -0.3 is 4.52 Å². The van der Waals surface area contributed by atoms with E-state index >= 15 is 0 Å². The second-order valence-electron chi connectivity index (χ2n) is 3.13. The van der Waals surface area contributed by atoms with Crippen LogP contribution >= 0.6 is 54.2 Å². The summed E-state index contributed by atoms with van der Waals surface area (Å²) in [6.45, 7) is 0. The lowest BCUT2D eigenvalue weighted by atomic mass is 10.2. The van der Waals surface area contributed by atoms with Gasteiger partial charge in [0.2, 0.25) is 0 Å². The van der Waals surface area contributed by atoms with E-state index in [4.69, 9.17) is 50.9 Å². The summed E-state index contributed by atoms with van der Waals surface area (Å²) >= 11 is 23.6. The van der Waals surface area contributed by atoms with Gasteiger partial charge in [-0.3, -0.25) is 9.05 Å². The molecule has 0 atom stereocenters. The molecule has 1 aromatic rings. The molecule has 0 N–H and O–H groups in total. The number of halogens is 4. The van der Waals surface area contributed by atoms with Gasteiger partial charge in [0.25, 0.3) is 0 Å². The van der Waals surface area contributed by atoms with E-state index in [0.29, 0.717) is 10.6 Å². The van der Waals surface area contributed by atoms with Crippen molar-refractivity contribution in [3.63, 3.8) is 0 Å². The first-order valence-corrected chi connectivity index (χ1v) is 7.70. The van der Waals surface area contributed by atoms with Gasteiger partial charge >= 0.3 is 7.82 Å². The zero-order chi connectivity index (χ0) is 14.6. The quantitative estimate of drug-likeness (QED) is 0.387. The van der Waals surface area contributed by atoms with Crippen molar-refractivity contribution >= 4 is 59.3 Å². The number of benzene rings is 1. The summed E-state index contributed by atoms with van der Waals surface area (Å²) in [7, 11) is -1.30. The molecule has 0 unspecified atom stereocenters. The largest absolute Gasteiger partial charge is 0.528 e. The third-order valence-electron chi connectivity index (χ3n) is 2.00. The van der Waals surface area contributed by atoms with Crippen molar-refractivity contribution in [1.82, 2.24) is 0 Å². The molecule has 0 bridgehead atoms. The molecular formula is C10H9Cl4O4P. The Morgan fingerprint density at radius 1 is 1.11 bits per heavy atom. The number of phosphoric acid groups is 1. The molecule has 0 aromatic heterocycles. The molecule has 19 heavy (non-hydrogen) atoms. The molecule has 0 fully saturated rings. The highest BCUT2D eigenvalue weighted by Crippen LogP contribution is 2.48. The highest BCUT2D eigenvalue weighted by Gasteiger charge is 2.23. The first-order chi connectivity index (χ1) is 8.83. The summed E-state index contributed by atoms with van der Waals surface area (Å²) in [5, 5.41) is 0.899. The van der Waals surface area contributed by atoms with Crippen molar-refractivity contribution in [3.05, 3.63) is 39.0 Å². The summed E-state index contributed by atoms with van der Waals surface area (Å²) in [5.74, 6) is 0. The second kappa shape index (κ2) is 7.19. The van der Waals surface area contributed by atoms with Crippen LogP contribution in [0.2, 0.25) is 15.1 Å². The van der Waals surface area contributed by atoms with Gasteiger partial charge in [0.15, 0.2) is 0 Å². The van der Waals surface area contributed by atoms with Gasteiger partial charge in [-0.15, -0.1) is 0 Å². The predicted molar refractivity (Wildman–Crippen MR) is 78.0 cm³/mol. The molecule has 0 aliphatic carbocycles. The van der Waals surface area contributed by atoms with Gasteiger partial charge in [0.05, 0.1) is 20.1 Å². The van der Waals surface area contributed by atoms with Crippen molar-refractivity contribution in [1.29, 1.82) is 0 Å². The van der Waals surface area contributed by atoms with Gasteiger partial charge in [-0.05, 0) is 12.1 Å².